The lowest BCUT2D eigenvalue weighted by Crippen LogP contribution is -2.26. The summed E-state index contributed by atoms with van der Waals surface area (Å²) in [5.41, 5.74) is 0.466. The fourth-order valence-electron chi connectivity index (χ4n) is 2.03. The van der Waals surface area contributed by atoms with Gasteiger partial charge in [0.05, 0.1) is 27.9 Å². The molecule has 0 aliphatic rings. The lowest BCUT2D eigenvalue weighted by molar-refractivity contribution is 0.0784. The highest BCUT2D eigenvalue weighted by molar-refractivity contribution is 7.09. The van der Waals surface area contributed by atoms with Gasteiger partial charge >= 0.3 is 0 Å². The largest absolute Gasteiger partial charge is 0.493 e. The van der Waals surface area contributed by atoms with Gasteiger partial charge in [-0.05, 0) is 12.1 Å². The van der Waals surface area contributed by atoms with Crippen molar-refractivity contribution in [3.8, 4) is 17.2 Å². The molecule has 1 heterocycles. The SMILES string of the molecule is COc1cc(C(=O)N(C)Cc2nccs2)cc(OC)c1OC. The number of hydrogen-bond acceptors (Lipinski definition) is 6. The first-order valence-corrected chi connectivity index (χ1v) is 7.42. The molecule has 1 aromatic heterocycles. The molecule has 2 rings (SSSR count). The maximum absolute atomic E-state index is 12.6. The minimum Gasteiger partial charge on any atom is -0.493 e. The quantitative estimate of drug-likeness (QED) is 0.817. The zero-order valence-corrected chi connectivity index (χ0v) is 13.8. The van der Waals surface area contributed by atoms with Crippen LogP contribution in [0.3, 0.4) is 0 Å². The first kappa shape index (κ1) is 16.1. The monoisotopic (exact) mass is 322 g/mol. The molecule has 0 saturated heterocycles. The van der Waals surface area contributed by atoms with E-state index in [-0.39, 0.29) is 5.91 Å². The van der Waals surface area contributed by atoms with Crippen LogP contribution >= 0.6 is 11.3 Å². The van der Waals surface area contributed by atoms with Gasteiger partial charge in [-0.3, -0.25) is 4.79 Å². The third-order valence-corrected chi connectivity index (χ3v) is 3.88. The molecule has 0 saturated carbocycles. The average molecular weight is 322 g/mol. The van der Waals surface area contributed by atoms with E-state index in [1.54, 1.807) is 30.3 Å². The molecule has 0 atom stereocenters. The number of nitrogens with zero attached hydrogens (tertiary/aromatic N) is 2. The van der Waals surface area contributed by atoms with Crippen molar-refractivity contribution < 1.29 is 19.0 Å². The lowest BCUT2D eigenvalue weighted by Gasteiger charge is -2.18. The summed E-state index contributed by atoms with van der Waals surface area (Å²) in [5, 5.41) is 2.76. The van der Waals surface area contributed by atoms with Crippen LogP contribution in [0.4, 0.5) is 0 Å². The number of methoxy groups -OCH3 is 3. The van der Waals surface area contributed by atoms with E-state index in [1.165, 1.54) is 32.7 Å². The van der Waals surface area contributed by atoms with E-state index >= 15 is 0 Å². The van der Waals surface area contributed by atoms with Crippen LogP contribution in [0, 0.1) is 0 Å². The van der Waals surface area contributed by atoms with Gasteiger partial charge in [-0.15, -0.1) is 11.3 Å². The van der Waals surface area contributed by atoms with Crippen LogP contribution in [-0.4, -0.2) is 44.2 Å². The second-order valence-corrected chi connectivity index (χ2v) is 5.48. The average Bonchev–Trinajstić information content (AvgIpc) is 3.05. The van der Waals surface area contributed by atoms with E-state index in [0.29, 0.717) is 29.4 Å². The summed E-state index contributed by atoms with van der Waals surface area (Å²) in [6, 6.07) is 3.28. The maximum atomic E-state index is 12.6. The van der Waals surface area contributed by atoms with Crippen molar-refractivity contribution in [3.05, 3.63) is 34.3 Å². The molecule has 2 aromatic rings. The molecule has 0 unspecified atom stereocenters. The van der Waals surface area contributed by atoms with E-state index in [0.717, 1.165) is 5.01 Å². The highest BCUT2D eigenvalue weighted by atomic mass is 32.1. The second kappa shape index (κ2) is 7.13. The first-order valence-electron chi connectivity index (χ1n) is 6.54. The predicted octanol–water partition coefficient (Wildman–Crippen LogP) is 2.44. The normalized spacial score (nSPS) is 10.2. The molecule has 22 heavy (non-hydrogen) atoms. The Labute approximate surface area is 133 Å². The number of carbonyl (C=O) groups excluding carboxylic acids is 1. The van der Waals surface area contributed by atoms with Gasteiger partial charge in [0.2, 0.25) is 5.75 Å². The third kappa shape index (κ3) is 3.30. The fraction of sp³-hybridized carbons (Fsp3) is 0.333. The maximum Gasteiger partial charge on any atom is 0.254 e. The summed E-state index contributed by atoms with van der Waals surface area (Å²) in [4.78, 5) is 18.3. The molecule has 0 bridgehead atoms. The van der Waals surface area contributed by atoms with E-state index in [1.807, 2.05) is 5.38 Å². The van der Waals surface area contributed by atoms with Crippen molar-refractivity contribution in [2.45, 2.75) is 6.54 Å². The van der Waals surface area contributed by atoms with Gasteiger partial charge in [0.25, 0.3) is 5.91 Å². The van der Waals surface area contributed by atoms with E-state index in [9.17, 15) is 4.79 Å². The van der Waals surface area contributed by atoms with Crippen molar-refractivity contribution in [3.63, 3.8) is 0 Å². The van der Waals surface area contributed by atoms with Crippen LogP contribution in [-0.2, 0) is 6.54 Å². The number of rotatable bonds is 6. The molecule has 0 spiro atoms. The zero-order valence-electron chi connectivity index (χ0n) is 13.0. The van der Waals surface area contributed by atoms with Crippen molar-refractivity contribution >= 4 is 17.2 Å². The molecule has 0 radical (unpaired) electrons. The van der Waals surface area contributed by atoms with Gasteiger partial charge < -0.3 is 19.1 Å². The summed E-state index contributed by atoms with van der Waals surface area (Å²) in [5.74, 6) is 1.22. The van der Waals surface area contributed by atoms with Gasteiger partial charge in [-0.2, -0.15) is 0 Å². The zero-order chi connectivity index (χ0) is 16.1. The Balaban J connectivity index is 2.28. The van der Waals surface area contributed by atoms with Crippen LogP contribution in [0.1, 0.15) is 15.4 Å². The van der Waals surface area contributed by atoms with Crippen LogP contribution in [0.25, 0.3) is 0 Å². The van der Waals surface area contributed by atoms with Gasteiger partial charge in [0.15, 0.2) is 11.5 Å². The molecule has 1 amide bonds. The summed E-state index contributed by atoms with van der Waals surface area (Å²) >= 11 is 1.51. The van der Waals surface area contributed by atoms with Crippen LogP contribution in [0.5, 0.6) is 17.2 Å². The van der Waals surface area contributed by atoms with Crippen LogP contribution < -0.4 is 14.2 Å². The number of benzene rings is 1. The Hall–Kier alpha value is -2.28. The molecule has 0 fully saturated rings. The van der Waals surface area contributed by atoms with Crippen LogP contribution in [0.2, 0.25) is 0 Å². The summed E-state index contributed by atoms with van der Waals surface area (Å²) in [6.07, 6.45) is 1.72. The van der Waals surface area contributed by atoms with Crippen molar-refractivity contribution in [2.75, 3.05) is 28.4 Å². The molecule has 7 heteroatoms. The van der Waals surface area contributed by atoms with E-state index < -0.39 is 0 Å². The highest BCUT2D eigenvalue weighted by Gasteiger charge is 2.19. The Kier molecular flexibility index (Phi) is 5.21. The Morgan fingerprint density at radius 3 is 2.27 bits per heavy atom. The number of amides is 1. The number of carbonyl (C=O) groups is 1. The summed E-state index contributed by atoms with van der Waals surface area (Å²) in [6.45, 7) is 0.452. The lowest BCUT2D eigenvalue weighted by atomic mass is 10.1. The van der Waals surface area contributed by atoms with Crippen LogP contribution in [0.15, 0.2) is 23.7 Å². The molecule has 0 aliphatic heterocycles. The van der Waals surface area contributed by atoms with Crippen molar-refractivity contribution in [1.29, 1.82) is 0 Å². The van der Waals surface area contributed by atoms with E-state index in [2.05, 4.69) is 4.98 Å². The first-order chi connectivity index (χ1) is 10.6. The summed E-state index contributed by atoms with van der Waals surface area (Å²) in [7, 11) is 6.29. The van der Waals surface area contributed by atoms with Gasteiger partial charge in [-0.1, -0.05) is 0 Å². The third-order valence-electron chi connectivity index (χ3n) is 3.11. The Morgan fingerprint density at radius 1 is 1.18 bits per heavy atom. The fourth-order valence-corrected chi connectivity index (χ4v) is 2.70. The predicted molar refractivity (Wildman–Crippen MR) is 84.0 cm³/mol. The molecule has 1 aromatic carbocycles. The molecule has 6 nitrogen and oxygen atoms in total. The smallest absolute Gasteiger partial charge is 0.254 e. The number of hydrogen-bond donors (Lipinski definition) is 0. The Morgan fingerprint density at radius 2 is 1.82 bits per heavy atom. The Bertz CT molecular complexity index is 618. The van der Waals surface area contributed by atoms with E-state index in [4.69, 9.17) is 14.2 Å². The van der Waals surface area contributed by atoms with Gasteiger partial charge in [0.1, 0.15) is 5.01 Å². The number of ether oxygens (including phenoxy) is 3. The minimum absolute atomic E-state index is 0.144. The molecule has 0 aliphatic carbocycles. The summed E-state index contributed by atoms with van der Waals surface area (Å²) < 4.78 is 15.8. The van der Waals surface area contributed by atoms with Gasteiger partial charge in [0, 0.05) is 24.2 Å². The van der Waals surface area contributed by atoms with Crippen molar-refractivity contribution in [2.24, 2.45) is 0 Å². The molecule has 118 valence electrons. The minimum atomic E-state index is -0.144. The highest BCUT2D eigenvalue weighted by Crippen LogP contribution is 2.38. The number of thiazole rings is 1. The van der Waals surface area contributed by atoms with Crippen molar-refractivity contribution in [1.82, 2.24) is 9.88 Å². The van der Waals surface area contributed by atoms with Gasteiger partial charge in [-0.25, -0.2) is 4.98 Å². The molecular formula is C15H18N2O4S. The number of aromatic nitrogens is 1. The topological polar surface area (TPSA) is 60.9 Å². The second-order valence-electron chi connectivity index (χ2n) is 4.50. The standard InChI is InChI=1S/C15H18N2O4S/c1-17(9-13-16-5-6-22-13)15(18)10-7-11(19-2)14(21-4)12(8-10)20-3/h5-8H,9H2,1-4H3. The molecule has 0 N–H and O–H groups in total. The molecular weight excluding hydrogens is 304 g/mol.